The second kappa shape index (κ2) is 8.15. The van der Waals surface area contributed by atoms with E-state index in [2.05, 4.69) is 5.43 Å². The van der Waals surface area contributed by atoms with Crippen molar-refractivity contribution < 1.29 is 24.3 Å². The molecule has 150 valence electrons. The Kier molecular flexibility index (Phi) is 6.11. The van der Waals surface area contributed by atoms with Crippen molar-refractivity contribution >= 4 is 29.4 Å². The molecule has 2 amide bonds. The molecule has 11 heteroatoms. The van der Waals surface area contributed by atoms with Gasteiger partial charge in [-0.1, -0.05) is 12.1 Å². The number of amides is 2. The van der Waals surface area contributed by atoms with Crippen molar-refractivity contribution in [3.63, 3.8) is 0 Å². The molecule has 0 unspecified atom stereocenters. The third kappa shape index (κ3) is 3.85. The van der Waals surface area contributed by atoms with E-state index in [0.29, 0.717) is 5.56 Å². The Morgan fingerprint density at radius 3 is 2.25 bits per heavy atom. The first-order valence-electron chi connectivity index (χ1n) is 8.39. The lowest BCUT2D eigenvalue weighted by Crippen LogP contribution is -2.75. The number of nitrogens with zero attached hydrogens (tertiary/aromatic N) is 2. The van der Waals surface area contributed by atoms with Gasteiger partial charge in [0.2, 0.25) is 0 Å². The maximum absolute atomic E-state index is 12.8. The van der Waals surface area contributed by atoms with Gasteiger partial charge in [-0.2, -0.15) is 5.01 Å². The van der Waals surface area contributed by atoms with Gasteiger partial charge in [0.1, 0.15) is 12.4 Å². The molecule has 0 saturated carbocycles. The number of hydrogen-bond donors (Lipinski definition) is 5. The molecule has 1 aliphatic heterocycles. The minimum Gasteiger partial charge on any atom is -0.480 e. The highest BCUT2D eigenvalue weighted by Crippen LogP contribution is 2.22. The fraction of sp³-hybridized carbons (Fsp3) is 0.353. The van der Waals surface area contributed by atoms with Crippen molar-refractivity contribution in [2.24, 2.45) is 11.5 Å². The first-order valence-corrected chi connectivity index (χ1v) is 8.39. The highest BCUT2D eigenvalue weighted by molar-refractivity contribution is 6.11. The number of carboxylic acids is 1. The molecule has 1 aliphatic rings. The second-order valence-electron chi connectivity index (χ2n) is 6.32. The van der Waals surface area contributed by atoms with Crippen molar-refractivity contribution in [3.8, 4) is 0 Å². The van der Waals surface area contributed by atoms with E-state index in [1.165, 1.54) is 24.3 Å². The quantitative estimate of drug-likeness (QED) is 0.204. The number of aliphatic carboxylic acids is 1. The first-order chi connectivity index (χ1) is 13.1. The third-order valence-corrected chi connectivity index (χ3v) is 4.59. The molecule has 0 aromatic heterocycles. The lowest BCUT2D eigenvalue weighted by molar-refractivity contribution is -0.163. The number of nitrogen functional groups attached to an aromatic ring is 1. The molecule has 0 aliphatic carbocycles. The average molecular weight is 390 g/mol. The van der Waals surface area contributed by atoms with Crippen LogP contribution in [-0.2, 0) is 14.4 Å². The lowest BCUT2D eigenvalue weighted by Gasteiger charge is -2.46. The summed E-state index contributed by atoms with van der Waals surface area (Å²) in [6.07, 6.45) is 0. The molecular formula is C17H22N6O5. The molecule has 2 rings (SSSR count). The van der Waals surface area contributed by atoms with E-state index in [0.717, 1.165) is 16.8 Å². The zero-order chi connectivity index (χ0) is 21.1. The number of carbonyl (C=O) groups is 4. The SMILES string of the molecule is CC(=O)[C@@]1(CN)C(=O)N(CC(=O)O)CCN1NC(=O)c1ccc(C(=N)N)cc1. The third-order valence-electron chi connectivity index (χ3n) is 4.59. The fourth-order valence-corrected chi connectivity index (χ4v) is 3.03. The Bertz CT molecular complexity index is 824. The maximum Gasteiger partial charge on any atom is 0.323 e. The van der Waals surface area contributed by atoms with E-state index in [4.69, 9.17) is 22.0 Å². The van der Waals surface area contributed by atoms with Gasteiger partial charge in [-0.05, 0) is 19.1 Å². The first kappa shape index (κ1) is 21.0. The monoisotopic (exact) mass is 390 g/mol. The normalized spacial score (nSPS) is 19.9. The predicted molar refractivity (Wildman–Crippen MR) is 98.3 cm³/mol. The molecule has 1 aromatic rings. The van der Waals surface area contributed by atoms with Crippen molar-refractivity contribution in [1.29, 1.82) is 5.41 Å². The van der Waals surface area contributed by atoms with Crippen LogP contribution in [0.1, 0.15) is 22.8 Å². The average Bonchev–Trinajstić information content (AvgIpc) is 2.64. The highest BCUT2D eigenvalue weighted by Gasteiger charge is 2.53. The molecule has 1 fully saturated rings. The Balaban J connectivity index is 2.28. The van der Waals surface area contributed by atoms with Crippen LogP contribution >= 0.6 is 0 Å². The molecule has 0 radical (unpaired) electrons. The standard InChI is InChI=1S/C17H22N6O5/c1-10(24)17(9-18)16(28)22(8-13(25)26)6-7-23(17)21-15(27)12-4-2-11(3-5-12)14(19)20/h2-5H,6-9,18H2,1H3,(H3,19,20)(H,21,27)(H,25,26)/t17-/m0/s1. The number of nitrogens with two attached hydrogens (primary N) is 2. The number of carbonyl (C=O) groups excluding carboxylic acids is 3. The maximum atomic E-state index is 12.8. The molecule has 1 saturated heterocycles. The Hall–Kier alpha value is -3.31. The van der Waals surface area contributed by atoms with Gasteiger partial charge in [0.15, 0.2) is 11.3 Å². The van der Waals surface area contributed by atoms with Crippen LogP contribution in [0.2, 0.25) is 0 Å². The van der Waals surface area contributed by atoms with Gasteiger partial charge in [0, 0.05) is 30.8 Å². The Labute approximate surface area is 160 Å². The molecule has 7 N–H and O–H groups in total. The number of hydrazine groups is 1. The Morgan fingerprint density at radius 1 is 1.21 bits per heavy atom. The van der Waals surface area contributed by atoms with Crippen LogP contribution in [0.5, 0.6) is 0 Å². The van der Waals surface area contributed by atoms with Crippen molar-refractivity contribution in [1.82, 2.24) is 15.3 Å². The summed E-state index contributed by atoms with van der Waals surface area (Å²) in [5.41, 5.74) is 12.4. The Morgan fingerprint density at radius 2 is 1.79 bits per heavy atom. The molecule has 0 spiro atoms. The van der Waals surface area contributed by atoms with Gasteiger partial charge in [0.05, 0.1) is 0 Å². The summed E-state index contributed by atoms with van der Waals surface area (Å²) in [7, 11) is 0. The van der Waals surface area contributed by atoms with Crippen LogP contribution in [0.3, 0.4) is 0 Å². The topological polar surface area (TPSA) is 183 Å². The van der Waals surface area contributed by atoms with E-state index in [1.807, 2.05) is 0 Å². The van der Waals surface area contributed by atoms with E-state index < -0.39 is 42.2 Å². The van der Waals surface area contributed by atoms with E-state index in [1.54, 1.807) is 0 Å². The molecular weight excluding hydrogens is 368 g/mol. The number of nitrogens with one attached hydrogen (secondary N) is 2. The summed E-state index contributed by atoms with van der Waals surface area (Å²) in [5, 5.41) is 17.5. The summed E-state index contributed by atoms with van der Waals surface area (Å²) in [5.74, 6) is -3.34. The molecule has 28 heavy (non-hydrogen) atoms. The number of benzene rings is 1. The van der Waals surface area contributed by atoms with Crippen molar-refractivity contribution in [2.75, 3.05) is 26.2 Å². The number of carboxylic acid groups (broad SMARTS) is 1. The van der Waals surface area contributed by atoms with Crippen LogP contribution < -0.4 is 16.9 Å². The van der Waals surface area contributed by atoms with Gasteiger partial charge in [-0.15, -0.1) is 0 Å². The number of Topliss-reactive ketones (excluding diaryl/α,β-unsaturated/α-hetero) is 1. The van der Waals surface area contributed by atoms with E-state index in [-0.39, 0.29) is 24.5 Å². The summed E-state index contributed by atoms with van der Waals surface area (Å²) < 4.78 is 0. The molecule has 1 heterocycles. The summed E-state index contributed by atoms with van der Waals surface area (Å²) >= 11 is 0. The molecule has 11 nitrogen and oxygen atoms in total. The lowest BCUT2D eigenvalue weighted by atomic mass is 9.89. The van der Waals surface area contributed by atoms with Gasteiger partial charge in [-0.3, -0.25) is 30.0 Å². The van der Waals surface area contributed by atoms with Gasteiger partial charge in [0.25, 0.3) is 11.8 Å². The largest absolute Gasteiger partial charge is 0.480 e. The number of amidine groups is 1. The summed E-state index contributed by atoms with van der Waals surface area (Å²) in [6, 6.07) is 5.89. The van der Waals surface area contributed by atoms with E-state index >= 15 is 0 Å². The molecule has 1 atom stereocenters. The van der Waals surface area contributed by atoms with Gasteiger partial charge in [-0.25, -0.2) is 0 Å². The predicted octanol–water partition coefficient (Wildman–Crippen LogP) is -1.87. The zero-order valence-electron chi connectivity index (χ0n) is 15.3. The van der Waals surface area contributed by atoms with Crippen LogP contribution in [0.4, 0.5) is 0 Å². The van der Waals surface area contributed by atoms with Crippen LogP contribution in [0.15, 0.2) is 24.3 Å². The number of piperazine rings is 1. The summed E-state index contributed by atoms with van der Waals surface area (Å²) in [6.45, 7) is 0.190. The van der Waals surface area contributed by atoms with Crippen LogP contribution in [0.25, 0.3) is 0 Å². The zero-order valence-corrected chi connectivity index (χ0v) is 15.3. The summed E-state index contributed by atoms with van der Waals surface area (Å²) in [4.78, 5) is 49.8. The minimum atomic E-state index is -1.89. The molecule has 1 aromatic carbocycles. The molecule has 0 bridgehead atoms. The van der Waals surface area contributed by atoms with Crippen molar-refractivity contribution in [2.45, 2.75) is 12.5 Å². The minimum absolute atomic E-state index is 0.00369. The van der Waals surface area contributed by atoms with E-state index in [9.17, 15) is 19.2 Å². The van der Waals surface area contributed by atoms with Crippen molar-refractivity contribution in [3.05, 3.63) is 35.4 Å². The van der Waals surface area contributed by atoms with Gasteiger partial charge < -0.3 is 21.5 Å². The van der Waals surface area contributed by atoms with Crippen LogP contribution in [-0.4, -0.2) is 76.1 Å². The van der Waals surface area contributed by atoms with Crippen LogP contribution in [0, 0.1) is 5.41 Å². The second-order valence-corrected chi connectivity index (χ2v) is 6.32. The smallest absolute Gasteiger partial charge is 0.323 e. The van der Waals surface area contributed by atoms with Gasteiger partial charge >= 0.3 is 5.97 Å². The number of ketones is 1. The number of rotatable bonds is 7. The number of hydrogen-bond acceptors (Lipinski definition) is 7. The fourth-order valence-electron chi connectivity index (χ4n) is 3.03. The highest BCUT2D eigenvalue weighted by atomic mass is 16.4.